The van der Waals surface area contributed by atoms with Crippen molar-refractivity contribution in [3.05, 3.63) is 59.4 Å². The zero-order valence-corrected chi connectivity index (χ0v) is 16.3. The van der Waals surface area contributed by atoms with Crippen molar-refractivity contribution >= 4 is 16.9 Å². The van der Waals surface area contributed by atoms with Gasteiger partial charge in [0, 0.05) is 20.1 Å². The fraction of sp³-hybridized carbons (Fsp3) is 0.364. The van der Waals surface area contributed by atoms with E-state index in [2.05, 4.69) is 16.0 Å². The molecular weight excluding hydrogens is 354 g/mol. The number of hydrogen-bond donors (Lipinski definition) is 1. The maximum atomic E-state index is 12.6. The summed E-state index contributed by atoms with van der Waals surface area (Å²) < 4.78 is 13.0. The van der Waals surface area contributed by atoms with Gasteiger partial charge in [-0.1, -0.05) is 24.3 Å². The lowest BCUT2D eigenvalue weighted by Crippen LogP contribution is -2.30. The molecule has 0 unspecified atom stereocenters. The molecule has 3 aromatic rings. The van der Waals surface area contributed by atoms with Crippen molar-refractivity contribution in [3.8, 4) is 5.75 Å². The summed E-state index contributed by atoms with van der Waals surface area (Å²) >= 11 is 0. The van der Waals surface area contributed by atoms with E-state index in [1.807, 2.05) is 43.3 Å². The third-order valence-corrected chi connectivity index (χ3v) is 5.09. The average Bonchev–Trinajstić information content (AvgIpc) is 3.30. The standard InChI is InChI=1S/C22H25N3O3/c1-15(22-24-18-5-3-4-6-19(18)25(22)10-12-27-2)23-21(26)14-16-7-8-17-9-11-28-20(17)13-16/h3-8,13,15H,9-12,14H2,1-2H3,(H,23,26)/t15-/m1/s1. The Morgan fingerprint density at radius 3 is 3.04 bits per heavy atom. The third-order valence-electron chi connectivity index (χ3n) is 5.09. The summed E-state index contributed by atoms with van der Waals surface area (Å²) in [6, 6.07) is 13.8. The number of fused-ring (bicyclic) bond motifs is 2. The van der Waals surface area contributed by atoms with E-state index in [9.17, 15) is 4.79 Å². The van der Waals surface area contributed by atoms with Crippen molar-refractivity contribution in [1.82, 2.24) is 14.9 Å². The number of benzene rings is 2. The first kappa shape index (κ1) is 18.5. The number of carbonyl (C=O) groups excluding carboxylic acids is 1. The van der Waals surface area contributed by atoms with Crippen LogP contribution in [0.4, 0.5) is 0 Å². The van der Waals surface area contributed by atoms with Crippen LogP contribution in [0.2, 0.25) is 0 Å². The zero-order chi connectivity index (χ0) is 19.5. The highest BCUT2D eigenvalue weighted by Crippen LogP contribution is 2.26. The lowest BCUT2D eigenvalue weighted by atomic mass is 10.1. The molecule has 0 saturated heterocycles. The lowest BCUT2D eigenvalue weighted by molar-refractivity contribution is -0.121. The number of amides is 1. The second kappa shape index (κ2) is 8.02. The molecule has 6 nitrogen and oxygen atoms in total. The van der Waals surface area contributed by atoms with Crippen LogP contribution in [0.1, 0.15) is 29.9 Å². The van der Waals surface area contributed by atoms with Crippen molar-refractivity contribution in [2.24, 2.45) is 0 Å². The Kier molecular flexibility index (Phi) is 5.30. The van der Waals surface area contributed by atoms with E-state index in [1.54, 1.807) is 7.11 Å². The molecule has 0 saturated carbocycles. The fourth-order valence-electron chi connectivity index (χ4n) is 3.71. The van der Waals surface area contributed by atoms with E-state index in [1.165, 1.54) is 5.56 Å². The van der Waals surface area contributed by atoms with E-state index < -0.39 is 0 Å². The first-order chi connectivity index (χ1) is 13.7. The summed E-state index contributed by atoms with van der Waals surface area (Å²) in [7, 11) is 1.68. The molecule has 0 spiro atoms. The predicted octanol–water partition coefficient (Wildman–Crippen LogP) is 3.04. The Labute approximate surface area is 164 Å². The van der Waals surface area contributed by atoms with Crippen LogP contribution in [-0.2, 0) is 28.9 Å². The number of imidazole rings is 1. The molecule has 0 aliphatic carbocycles. The summed E-state index contributed by atoms with van der Waals surface area (Å²) in [5.41, 5.74) is 4.14. The number of methoxy groups -OCH3 is 1. The predicted molar refractivity (Wildman–Crippen MR) is 108 cm³/mol. The maximum Gasteiger partial charge on any atom is 0.224 e. The Morgan fingerprint density at radius 1 is 1.32 bits per heavy atom. The van der Waals surface area contributed by atoms with E-state index in [4.69, 9.17) is 14.5 Å². The Hall–Kier alpha value is -2.86. The van der Waals surface area contributed by atoms with Crippen molar-refractivity contribution in [2.75, 3.05) is 20.3 Å². The maximum absolute atomic E-state index is 12.6. The molecule has 2 heterocycles. The van der Waals surface area contributed by atoms with Gasteiger partial charge >= 0.3 is 0 Å². The molecule has 6 heteroatoms. The molecule has 1 aliphatic heterocycles. The highest BCUT2D eigenvalue weighted by atomic mass is 16.5. The molecule has 1 N–H and O–H groups in total. The van der Waals surface area contributed by atoms with Crippen LogP contribution in [-0.4, -0.2) is 35.8 Å². The molecular formula is C22H25N3O3. The Bertz CT molecular complexity index is 996. The van der Waals surface area contributed by atoms with Gasteiger partial charge in [-0.05, 0) is 36.2 Å². The number of carbonyl (C=O) groups is 1. The largest absolute Gasteiger partial charge is 0.493 e. The zero-order valence-electron chi connectivity index (χ0n) is 16.3. The van der Waals surface area contributed by atoms with E-state index in [-0.39, 0.29) is 11.9 Å². The van der Waals surface area contributed by atoms with Gasteiger partial charge in [0.05, 0.1) is 36.7 Å². The van der Waals surface area contributed by atoms with Crippen LogP contribution in [0.3, 0.4) is 0 Å². The molecule has 28 heavy (non-hydrogen) atoms. The van der Waals surface area contributed by atoms with Gasteiger partial charge < -0.3 is 19.4 Å². The molecule has 4 rings (SSSR count). The van der Waals surface area contributed by atoms with Crippen LogP contribution in [0, 0.1) is 0 Å². The van der Waals surface area contributed by atoms with Crippen molar-refractivity contribution in [1.29, 1.82) is 0 Å². The average molecular weight is 379 g/mol. The topological polar surface area (TPSA) is 65.4 Å². The van der Waals surface area contributed by atoms with Gasteiger partial charge in [0.2, 0.25) is 5.91 Å². The van der Waals surface area contributed by atoms with E-state index in [0.717, 1.165) is 41.2 Å². The highest BCUT2D eigenvalue weighted by Gasteiger charge is 2.19. The normalized spacial score (nSPS) is 13.9. The molecule has 1 atom stereocenters. The number of ether oxygens (including phenoxy) is 2. The van der Waals surface area contributed by atoms with Crippen molar-refractivity contribution < 1.29 is 14.3 Å². The minimum Gasteiger partial charge on any atom is -0.493 e. The quantitative estimate of drug-likeness (QED) is 0.685. The number of nitrogens with one attached hydrogen (secondary N) is 1. The fourth-order valence-corrected chi connectivity index (χ4v) is 3.71. The molecule has 1 aromatic heterocycles. The number of aromatic nitrogens is 2. The summed E-state index contributed by atoms with van der Waals surface area (Å²) in [6.07, 6.45) is 1.26. The van der Waals surface area contributed by atoms with Crippen molar-refractivity contribution in [2.45, 2.75) is 32.4 Å². The van der Waals surface area contributed by atoms with Crippen LogP contribution >= 0.6 is 0 Å². The molecule has 1 amide bonds. The first-order valence-electron chi connectivity index (χ1n) is 9.64. The Morgan fingerprint density at radius 2 is 2.18 bits per heavy atom. The molecule has 0 fully saturated rings. The Balaban J connectivity index is 1.49. The highest BCUT2D eigenvalue weighted by molar-refractivity contribution is 5.80. The first-order valence-corrected chi connectivity index (χ1v) is 9.64. The minimum absolute atomic E-state index is 0.0317. The summed E-state index contributed by atoms with van der Waals surface area (Å²) in [5.74, 6) is 1.71. The number of hydrogen-bond acceptors (Lipinski definition) is 4. The monoisotopic (exact) mass is 379 g/mol. The van der Waals surface area contributed by atoms with Crippen LogP contribution in [0.15, 0.2) is 42.5 Å². The lowest BCUT2D eigenvalue weighted by Gasteiger charge is -2.16. The number of para-hydroxylation sites is 2. The van der Waals surface area contributed by atoms with Gasteiger partial charge in [0.15, 0.2) is 0 Å². The van der Waals surface area contributed by atoms with Crippen LogP contribution < -0.4 is 10.1 Å². The number of nitrogens with zero attached hydrogens (tertiary/aromatic N) is 2. The molecule has 146 valence electrons. The minimum atomic E-state index is -0.206. The van der Waals surface area contributed by atoms with Gasteiger partial charge in [0.1, 0.15) is 11.6 Å². The third kappa shape index (κ3) is 3.73. The van der Waals surface area contributed by atoms with Gasteiger partial charge in [0.25, 0.3) is 0 Å². The molecule has 0 bridgehead atoms. The van der Waals surface area contributed by atoms with Crippen molar-refractivity contribution in [3.63, 3.8) is 0 Å². The number of rotatable bonds is 7. The SMILES string of the molecule is COCCn1c([C@@H](C)NC(=O)Cc2ccc3c(c2)OCC3)nc2ccccc21. The summed E-state index contributed by atoms with van der Waals surface area (Å²) in [6.45, 7) is 3.96. The van der Waals surface area contributed by atoms with Crippen LogP contribution in [0.5, 0.6) is 5.75 Å². The van der Waals surface area contributed by atoms with Gasteiger partial charge in [-0.15, -0.1) is 0 Å². The second-order valence-corrected chi connectivity index (χ2v) is 7.11. The summed E-state index contributed by atoms with van der Waals surface area (Å²) in [4.78, 5) is 17.4. The van der Waals surface area contributed by atoms with E-state index in [0.29, 0.717) is 19.6 Å². The smallest absolute Gasteiger partial charge is 0.224 e. The summed E-state index contributed by atoms with van der Waals surface area (Å²) in [5, 5.41) is 3.09. The van der Waals surface area contributed by atoms with Gasteiger partial charge in [-0.25, -0.2) is 4.98 Å². The molecule has 0 radical (unpaired) electrons. The second-order valence-electron chi connectivity index (χ2n) is 7.11. The van der Waals surface area contributed by atoms with E-state index >= 15 is 0 Å². The molecule has 2 aromatic carbocycles. The van der Waals surface area contributed by atoms with Crippen LogP contribution in [0.25, 0.3) is 11.0 Å². The van der Waals surface area contributed by atoms with Gasteiger partial charge in [-0.3, -0.25) is 4.79 Å². The van der Waals surface area contributed by atoms with Gasteiger partial charge in [-0.2, -0.15) is 0 Å². The molecule has 1 aliphatic rings.